The summed E-state index contributed by atoms with van der Waals surface area (Å²) in [5, 5.41) is 2.62. The zero-order valence-corrected chi connectivity index (χ0v) is 13.3. The summed E-state index contributed by atoms with van der Waals surface area (Å²) >= 11 is 7.79. The molecule has 1 aliphatic rings. The van der Waals surface area contributed by atoms with Crippen molar-refractivity contribution in [3.63, 3.8) is 0 Å². The highest BCUT2D eigenvalue weighted by Gasteiger charge is 2.28. The first-order valence-electron chi connectivity index (χ1n) is 6.90. The van der Waals surface area contributed by atoms with Crippen LogP contribution in [0, 0.1) is 0 Å². The molecule has 1 aliphatic heterocycles. The first kappa shape index (κ1) is 14.4. The van der Waals surface area contributed by atoms with Gasteiger partial charge in [0.15, 0.2) is 6.61 Å². The molecule has 21 heavy (non-hydrogen) atoms. The van der Waals surface area contributed by atoms with E-state index in [-0.39, 0.29) is 18.6 Å². The first-order valence-corrected chi connectivity index (χ1v) is 8.15. The predicted octanol–water partition coefficient (Wildman–Crippen LogP) is 3.93. The van der Waals surface area contributed by atoms with Crippen molar-refractivity contribution in [1.82, 2.24) is 4.90 Å². The van der Waals surface area contributed by atoms with Gasteiger partial charge < -0.3 is 9.64 Å². The smallest absolute Gasteiger partial charge is 0.261 e. The van der Waals surface area contributed by atoms with E-state index in [1.54, 1.807) is 23.5 Å². The van der Waals surface area contributed by atoms with Gasteiger partial charge in [-0.3, -0.25) is 4.79 Å². The summed E-state index contributed by atoms with van der Waals surface area (Å²) in [6.45, 7) is 2.84. The number of thiophene rings is 1. The molecule has 0 N–H and O–H groups in total. The molecule has 1 atom stereocenters. The average Bonchev–Trinajstić information content (AvgIpc) is 2.96. The number of rotatable bonds is 3. The number of para-hydroxylation sites is 1. The molecule has 3 nitrogen and oxygen atoms in total. The van der Waals surface area contributed by atoms with E-state index < -0.39 is 0 Å². The molecule has 1 aromatic carbocycles. The molecule has 5 heteroatoms. The van der Waals surface area contributed by atoms with Crippen molar-refractivity contribution in [3.8, 4) is 5.75 Å². The highest BCUT2D eigenvalue weighted by atomic mass is 35.5. The number of benzene rings is 1. The number of carbonyl (C=O) groups is 1. The molecule has 2 aromatic rings. The minimum absolute atomic E-state index is 0.000676. The third-order valence-electron chi connectivity index (χ3n) is 3.79. The Kier molecular flexibility index (Phi) is 4.17. The molecule has 0 saturated carbocycles. The molecular weight excluding hydrogens is 306 g/mol. The summed E-state index contributed by atoms with van der Waals surface area (Å²) in [4.78, 5) is 15.7. The van der Waals surface area contributed by atoms with Crippen molar-refractivity contribution in [3.05, 3.63) is 51.2 Å². The van der Waals surface area contributed by atoms with E-state index in [0.29, 0.717) is 10.8 Å². The lowest BCUT2D eigenvalue weighted by atomic mass is 10.0. The van der Waals surface area contributed by atoms with Crippen molar-refractivity contribution >= 4 is 28.8 Å². The number of halogens is 1. The van der Waals surface area contributed by atoms with Crippen molar-refractivity contribution < 1.29 is 9.53 Å². The largest absolute Gasteiger partial charge is 0.482 e. The van der Waals surface area contributed by atoms with E-state index in [1.165, 1.54) is 10.4 Å². The predicted molar refractivity (Wildman–Crippen MR) is 85.1 cm³/mol. The normalized spacial score (nSPS) is 17.4. The standard InChI is InChI=1S/C16H16ClNO2S/c1-11-12-7-9-21-15(12)6-8-18(11)16(19)10-20-14-5-3-2-4-13(14)17/h2-5,7,9,11H,6,8,10H2,1H3/t11-/m1/s1. The van der Waals surface area contributed by atoms with Gasteiger partial charge in [-0.15, -0.1) is 11.3 Å². The van der Waals surface area contributed by atoms with E-state index in [9.17, 15) is 4.79 Å². The number of amides is 1. The van der Waals surface area contributed by atoms with Crippen molar-refractivity contribution in [2.45, 2.75) is 19.4 Å². The molecule has 0 aliphatic carbocycles. The van der Waals surface area contributed by atoms with E-state index >= 15 is 0 Å². The van der Waals surface area contributed by atoms with Crippen molar-refractivity contribution in [1.29, 1.82) is 0 Å². The SMILES string of the molecule is C[C@@H]1c2ccsc2CCN1C(=O)COc1ccccc1Cl. The van der Waals surface area contributed by atoms with Gasteiger partial charge in [0, 0.05) is 11.4 Å². The lowest BCUT2D eigenvalue weighted by molar-refractivity contribution is -0.135. The molecule has 1 aromatic heterocycles. The van der Waals surface area contributed by atoms with Crippen LogP contribution < -0.4 is 4.74 Å². The van der Waals surface area contributed by atoms with Gasteiger partial charge in [-0.2, -0.15) is 0 Å². The van der Waals surface area contributed by atoms with Crippen LogP contribution in [0.3, 0.4) is 0 Å². The molecule has 2 heterocycles. The Morgan fingerprint density at radius 1 is 1.43 bits per heavy atom. The Morgan fingerprint density at radius 3 is 3.05 bits per heavy atom. The summed E-state index contributed by atoms with van der Waals surface area (Å²) in [5.41, 5.74) is 1.26. The molecule has 1 amide bonds. The molecular formula is C16H16ClNO2S. The summed E-state index contributed by atoms with van der Waals surface area (Å²) in [5.74, 6) is 0.549. The van der Waals surface area contributed by atoms with Crippen LogP contribution in [0.2, 0.25) is 5.02 Å². The fraction of sp³-hybridized carbons (Fsp3) is 0.312. The minimum atomic E-state index is -0.000676. The van der Waals surface area contributed by atoms with Crippen LogP contribution in [0.1, 0.15) is 23.4 Å². The van der Waals surface area contributed by atoms with Gasteiger partial charge in [0.1, 0.15) is 5.75 Å². The molecule has 0 saturated heterocycles. The Labute approximate surface area is 133 Å². The lowest BCUT2D eigenvalue weighted by Crippen LogP contribution is -2.40. The van der Waals surface area contributed by atoms with Gasteiger partial charge in [0.2, 0.25) is 0 Å². The summed E-state index contributed by atoms with van der Waals surface area (Å²) in [7, 11) is 0. The highest BCUT2D eigenvalue weighted by molar-refractivity contribution is 7.10. The minimum Gasteiger partial charge on any atom is -0.482 e. The van der Waals surface area contributed by atoms with Crippen LogP contribution in [-0.4, -0.2) is 24.0 Å². The number of ether oxygens (including phenoxy) is 1. The number of carbonyl (C=O) groups excluding carboxylic acids is 1. The number of hydrogen-bond donors (Lipinski definition) is 0. The summed E-state index contributed by atoms with van der Waals surface area (Å²) in [6.07, 6.45) is 0.926. The fourth-order valence-corrected chi connectivity index (χ4v) is 3.79. The fourth-order valence-electron chi connectivity index (χ4n) is 2.63. The third kappa shape index (κ3) is 2.92. The maximum absolute atomic E-state index is 12.4. The molecule has 0 bridgehead atoms. The molecule has 0 unspecified atom stereocenters. The van der Waals surface area contributed by atoms with Crippen LogP contribution in [0.25, 0.3) is 0 Å². The molecule has 0 fully saturated rings. The Balaban J connectivity index is 1.65. The average molecular weight is 322 g/mol. The quantitative estimate of drug-likeness (QED) is 0.857. The highest BCUT2D eigenvalue weighted by Crippen LogP contribution is 2.33. The number of fused-ring (bicyclic) bond motifs is 1. The van der Waals surface area contributed by atoms with Gasteiger partial charge in [-0.25, -0.2) is 0 Å². The zero-order valence-electron chi connectivity index (χ0n) is 11.7. The van der Waals surface area contributed by atoms with Crippen LogP contribution in [-0.2, 0) is 11.2 Å². The number of hydrogen-bond acceptors (Lipinski definition) is 3. The first-order chi connectivity index (χ1) is 10.2. The zero-order chi connectivity index (χ0) is 14.8. The maximum atomic E-state index is 12.4. The topological polar surface area (TPSA) is 29.5 Å². The Hall–Kier alpha value is -1.52. The van der Waals surface area contributed by atoms with E-state index in [0.717, 1.165) is 13.0 Å². The second kappa shape index (κ2) is 6.08. The van der Waals surface area contributed by atoms with Crippen molar-refractivity contribution in [2.75, 3.05) is 13.2 Å². The molecule has 0 radical (unpaired) electrons. The van der Waals surface area contributed by atoms with Crippen LogP contribution in [0.5, 0.6) is 5.75 Å². The van der Waals surface area contributed by atoms with Gasteiger partial charge >= 0.3 is 0 Å². The Bertz CT molecular complexity index is 655. The molecule has 110 valence electrons. The van der Waals surface area contributed by atoms with Gasteiger partial charge in [0.05, 0.1) is 11.1 Å². The van der Waals surface area contributed by atoms with Crippen molar-refractivity contribution in [2.24, 2.45) is 0 Å². The van der Waals surface area contributed by atoms with Gasteiger partial charge in [0.25, 0.3) is 5.91 Å². The molecule has 3 rings (SSSR count). The van der Waals surface area contributed by atoms with E-state index in [1.807, 2.05) is 17.0 Å². The second-order valence-corrected chi connectivity index (χ2v) is 6.44. The van der Waals surface area contributed by atoms with E-state index in [2.05, 4.69) is 18.4 Å². The number of nitrogens with zero attached hydrogens (tertiary/aromatic N) is 1. The maximum Gasteiger partial charge on any atom is 0.261 e. The van der Waals surface area contributed by atoms with Crippen LogP contribution in [0.15, 0.2) is 35.7 Å². The van der Waals surface area contributed by atoms with Crippen LogP contribution in [0.4, 0.5) is 0 Å². The van der Waals surface area contributed by atoms with Gasteiger partial charge in [-0.1, -0.05) is 23.7 Å². The second-order valence-electron chi connectivity index (χ2n) is 5.03. The van der Waals surface area contributed by atoms with Crippen LogP contribution >= 0.6 is 22.9 Å². The Morgan fingerprint density at radius 2 is 2.24 bits per heavy atom. The van der Waals surface area contributed by atoms with Gasteiger partial charge in [-0.05, 0) is 42.5 Å². The molecule has 0 spiro atoms. The lowest BCUT2D eigenvalue weighted by Gasteiger charge is -2.33. The third-order valence-corrected chi connectivity index (χ3v) is 5.09. The summed E-state index contributed by atoms with van der Waals surface area (Å²) < 4.78 is 5.55. The van der Waals surface area contributed by atoms with E-state index in [4.69, 9.17) is 16.3 Å². The monoisotopic (exact) mass is 321 g/mol. The summed E-state index contributed by atoms with van der Waals surface area (Å²) in [6, 6.07) is 9.42.